The zero-order valence-electron chi connectivity index (χ0n) is 12.9. The third kappa shape index (κ3) is 4.02. The van der Waals surface area contributed by atoms with Crippen LogP contribution >= 0.6 is 0 Å². The molecule has 0 aliphatic rings. The molecule has 0 aromatic carbocycles. The SMILES string of the molecule is FC(F)(F)C(F)(F)N(C(F)(F)C(F)(F)F)C(F)(F)C(F)(F)C(F)(F)C(F)(F)C(F)(F)F. The van der Waals surface area contributed by atoms with Crippen molar-refractivity contribution in [2.75, 3.05) is 0 Å². The van der Waals surface area contributed by atoms with Crippen LogP contribution in [0.2, 0.25) is 0 Å². The third-order valence-corrected chi connectivity index (χ3v) is 3.05. The molecule has 22 heteroatoms. The van der Waals surface area contributed by atoms with E-state index < -0.39 is 59.3 Å². The van der Waals surface area contributed by atoms with E-state index in [1.807, 2.05) is 0 Å². The van der Waals surface area contributed by atoms with E-state index in [4.69, 9.17) is 0 Å². The number of rotatable bonds is 6. The van der Waals surface area contributed by atoms with Gasteiger partial charge in [-0.05, 0) is 0 Å². The van der Waals surface area contributed by atoms with Crippen LogP contribution in [0.3, 0.4) is 0 Å². The summed E-state index contributed by atoms with van der Waals surface area (Å²) in [6.45, 7) is 0. The predicted octanol–water partition coefficient (Wildman–Crippen LogP) is 6.66. The van der Waals surface area contributed by atoms with Crippen LogP contribution in [0.25, 0.3) is 0 Å². The Hall–Kier alpha value is -1.51. The third-order valence-electron chi connectivity index (χ3n) is 3.05. The zero-order valence-corrected chi connectivity index (χ0v) is 12.9. The highest BCUT2D eigenvalue weighted by Gasteiger charge is 2.93. The molecule has 188 valence electrons. The normalized spacial score (nSPS) is 16.8. The van der Waals surface area contributed by atoms with Crippen molar-refractivity contribution in [2.24, 2.45) is 0 Å². The molecule has 0 N–H and O–H groups in total. The molecule has 0 heterocycles. The summed E-state index contributed by atoms with van der Waals surface area (Å²) in [4.78, 5) is -5.27. The van der Waals surface area contributed by atoms with Crippen molar-refractivity contribution in [3.63, 3.8) is 0 Å². The molecule has 0 atom stereocenters. The minimum Gasteiger partial charge on any atom is -0.192 e. The van der Waals surface area contributed by atoms with E-state index in [9.17, 15) is 92.2 Å². The standard InChI is InChI=1S/C9F21N/c10-1(11,2(12,13)4(16,17)18)3(14,15)7(25,26)31(8(27,28)5(19,20)21)9(29,30)6(22,23)24. The van der Waals surface area contributed by atoms with Crippen LogP contribution in [-0.2, 0) is 0 Å². The molecule has 0 aliphatic carbocycles. The quantitative estimate of drug-likeness (QED) is 0.279. The van der Waals surface area contributed by atoms with Gasteiger partial charge in [-0.15, -0.1) is 0 Å². The van der Waals surface area contributed by atoms with Gasteiger partial charge in [0.1, 0.15) is 0 Å². The van der Waals surface area contributed by atoms with Crippen LogP contribution < -0.4 is 0 Å². The lowest BCUT2D eigenvalue weighted by atomic mass is 10.0. The molecule has 0 aliphatic heterocycles. The number of hydrogen-bond donors (Lipinski definition) is 0. The van der Waals surface area contributed by atoms with Gasteiger partial charge in [0.15, 0.2) is 0 Å². The molecule has 0 unspecified atom stereocenters. The van der Waals surface area contributed by atoms with Crippen molar-refractivity contribution in [1.29, 1.82) is 0 Å². The smallest absolute Gasteiger partial charge is 0.192 e. The van der Waals surface area contributed by atoms with Crippen molar-refractivity contribution >= 4 is 0 Å². The molecule has 0 spiro atoms. The number of nitrogens with zero attached hydrogens (tertiary/aromatic N) is 1. The molecule has 0 fully saturated rings. The summed E-state index contributed by atoms with van der Waals surface area (Å²) >= 11 is 0. The molecule has 0 rings (SSSR count). The Bertz CT molecular complexity index is 619. The highest BCUT2D eigenvalue weighted by molar-refractivity contribution is 5.08. The maximum absolute atomic E-state index is 13.4. The summed E-state index contributed by atoms with van der Waals surface area (Å²) in [5, 5.41) is 0. The van der Waals surface area contributed by atoms with E-state index in [1.54, 1.807) is 0 Å². The Labute approximate surface area is 153 Å². The van der Waals surface area contributed by atoms with Gasteiger partial charge in [0.25, 0.3) is 0 Å². The summed E-state index contributed by atoms with van der Waals surface area (Å²) < 4.78 is 263. The summed E-state index contributed by atoms with van der Waals surface area (Å²) in [6, 6.07) is -26.2. The molecular formula is C9F21N. The maximum Gasteiger partial charge on any atom is 0.469 e. The number of halogens is 21. The largest absolute Gasteiger partial charge is 0.469 e. The summed E-state index contributed by atoms with van der Waals surface area (Å²) in [7, 11) is 0. The van der Waals surface area contributed by atoms with E-state index in [0.29, 0.717) is 0 Å². The van der Waals surface area contributed by atoms with Crippen LogP contribution in [0.1, 0.15) is 0 Å². The van der Waals surface area contributed by atoms with E-state index in [2.05, 4.69) is 0 Å². The number of alkyl halides is 21. The van der Waals surface area contributed by atoms with Crippen LogP contribution in [0, 0.1) is 0 Å². The van der Waals surface area contributed by atoms with Crippen LogP contribution in [0.4, 0.5) is 92.2 Å². The highest BCUT2D eigenvalue weighted by atomic mass is 19.4. The van der Waals surface area contributed by atoms with Gasteiger partial charge < -0.3 is 0 Å². The number of hydrogen-bond acceptors (Lipinski definition) is 1. The van der Waals surface area contributed by atoms with Crippen LogP contribution in [0.15, 0.2) is 0 Å². The van der Waals surface area contributed by atoms with E-state index in [1.165, 1.54) is 0 Å². The first-order chi connectivity index (χ1) is 12.9. The second-order valence-corrected chi connectivity index (χ2v) is 5.18. The second kappa shape index (κ2) is 6.99. The summed E-state index contributed by atoms with van der Waals surface area (Å²) in [5.41, 5.74) is 0. The predicted molar refractivity (Wildman–Crippen MR) is 49.7 cm³/mol. The van der Waals surface area contributed by atoms with Crippen LogP contribution in [0.5, 0.6) is 0 Å². The van der Waals surface area contributed by atoms with Gasteiger partial charge in [0.2, 0.25) is 0 Å². The van der Waals surface area contributed by atoms with Crippen molar-refractivity contribution in [3.05, 3.63) is 0 Å². The Kier molecular flexibility index (Phi) is 6.65. The minimum absolute atomic E-state index is 5.27. The first-order valence-corrected chi connectivity index (χ1v) is 6.14. The van der Waals surface area contributed by atoms with E-state index in [-0.39, 0.29) is 0 Å². The first kappa shape index (κ1) is 29.5. The molecular weight excluding hydrogens is 521 g/mol. The Morgan fingerprint density at radius 2 is 0.516 bits per heavy atom. The fourth-order valence-electron chi connectivity index (χ4n) is 1.49. The molecule has 0 bridgehead atoms. The van der Waals surface area contributed by atoms with Crippen molar-refractivity contribution in [2.45, 2.75) is 54.4 Å². The van der Waals surface area contributed by atoms with Gasteiger partial charge in [-0.3, -0.25) is 0 Å². The molecule has 0 saturated heterocycles. The van der Waals surface area contributed by atoms with E-state index in [0.717, 1.165) is 0 Å². The van der Waals surface area contributed by atoms with Gasteiger partial charge in [-0.2, -0.15) is 92.2 Å². The fourth-order valence-corrected chi connectivity index (χ4v) is 1.49. The molecule has 0 aromatic heterocycles. The highest BCUT2D eigenvalue weighted by Crippen LogP contribution is 2.62. The molecule has 0 saturated carbocycles. The van der Waals surface area contributed by atoms with Crippen molar-refractivity contribution in [1.82, 2.24) is 4.90 Å². The molecule has 0 amide bonds. The van der Waals surface area contributed by atoms with Crippen LogP contribution in [-0.4, -0.2) is 59.3 Å². The minimum atomic E-state index is -9.07. The molecule has 0 aromatic rings. The lowest BCUT2D eigenvalue weighted by Gasteiger charge is -2.46. The average molecular weight is 521 g/mol. The van der Waals surface area contributed by atoms with Gasteiger partial charge >= 0.3 is 54.4 Å². The van der Waals surface area contributed by atoms with Crippen molar-refractivity contribution in [3.8, 4) is 0 Å². The monoisotopic (exact) mass is 521 g/mol. The van der Waals surface area contributed by atoms with E-state index >= 15 is 0 Å². The van der Waals surface area contributed by atoms with Gasteiger partial charge in [-0.25, -0.2) is 0 Å². The second-order valence-electron chi connectivity index (χ2n) is 5.18. The van der Waals surface area contributed by atoms with Crippen molar-refractivity contribution < 1.29 is 92.2 Å². The van der Waals surface area contributed by atoms with Gasteiger partial charge in [-0.1, -0.05) is 4.90 Å². The molecule has 31 heavy (non-hydrogen) atoms. The molecule has 0 radical (unpaired) electrons. The lowest BCUT2D eigenvalue weighted by molar-refractivity contribution is -0.517. The topological polar surface area (TPSA) is 3.24 Å². The summed E-state index contributed by atoms with van der Waals surface area (Å²) in [6.07, 6.45) is -24.3. The van der Waals surface area contributed by atoms with Gasteiger partial charge in [0.05, 0.1) is 0 Å². The van der Waals surface area contributed by atoms with Gasteiger partial charge in [0, 0.05) is 0 Å². The lowest BCUT2D eigenvalue weighted by Crippen LogP contribution is -2.77. The average Bonchev–Trinajstić information content (AvgIpc) is 2.41. The summed E-state index contributed by atoms with van der Waals surface area (Å²) in [5.74, 6) is -26.4. The molecule has 1 nitrogen and oxygen atoms in total. The Morgan fingerprint density at radius 1 is 0.258 bits per heavy atom. The Balaban J connectivity index is 7.29. The zero-order chi connectivity index (χ0) is 26.1. The first-order valence-electron chi connectivity index (χ1n) is 6.14. The Morgan fingerprint density at radius 3 is 0.710 bits per heavy atom. The maximum atomic E-state index is 13.4. The fraction of sp³-hybridized carbons (Fsp3) is 1.00.